The molecule has 0 unspecified atom stereocenters. The molecule has 2 heterocycles. The lowest BCUT2D eigenvalue weighted by atomic mass is 10.3. The fraction of sp³-hybridized carbons (Fsp3) is 0.267. The van der Waals surface area contributed by atoms with Gasteiger partial charge in [-0.05, 0) is 12.1 Å². The van der Waals surface area contributed by atoms with E-state index in [4.69, 9.17) is 10.5 Å². The number of hydrogen-bond acceptors (Lipinski definition) is 6. The highest BCUT2D eigenvalue weighted by Crippen LogP contribution is 2.30. The number of nitrogens with two attached hydrogens (primary N) is 1. The summed E-state index contributed by atoms with van der Waals surface area (Å²) < 4.78 is 6.75. The molecule has 1 amide bonds. The van der Waals surface area contributed by atoms with Gasteiger partial charge >= 0.3 is 0 Å². The number of fused-ring (bicyclic) bond motifs is 1. The van der Waals surface area contributed by atoms with Crippen LogP contribution in [0.2, 0.25) is 0 Å². The predicted octanol–water partition coefficient (Wildman–Crippen LogP) is 1.47. The third-order valence-electron chi connectivity index (χ3n) is 3.32. The van der Waals surface area contributed by atoms with Crippen molar-refractivity contribution >= 4 is 29.4 Å². The molecule has 0 radical (unpaired) electrons. The van der Waals surface area contributed by atoms with Crippen molar-refractivity contribution in [2.45, 2.75) is 16.5 Å². The van der Waals surface area contributed by atoms with Crippen molar-refractivity contribution in [3.63, 3.8) is 0 Å². The van der Waals surface area contributed by atoms with Crippen LogP contribution in [-0.2, 0) is 11.2 Å². The molecule has 2 N–H and O–H groups in total. The summed E-state index contributed by atoms with van der Waals surface area (Å²) in [5.41, 5.74) is 6.57. The van der Waals surface area contributed by atoms with Crippen LogP contribution in [0, 0.1) is 0 Å². The molecule has 2 aromatic rings. The van der Waals surface area contributed by atoms with Crippen LogP contribution in [0.3, 0.4) is 0 Å². The van der Waals surface area contributed by atoms with Gasteiger partial charge in [0.1, 0.15) is 5.75 Å². The Morgan fingerprint density at radius 2 is 2.35 bits per heavy atom. The Bertz CT molecular complexity index is 820. The number of benzene rings is 1. The normalized spacial score (nSPS) is 12.9. The van der Waals surface area contributed by atoms with E-state index >= 15 is 0 Å². The van der Waals surface area contributed by atoms with E-state index in [9.17, 15) is 9.59 Å². The molecule has 0 fully saturated rings. The number of methoxy groups -OCH3 is 1. The van der Waals surface area contributed by atoms with E-state index in [0.29, 0.717) is 21.5 Å². The summed E-state index contributed by atoms with van der Waals surface area (Å²) in [5.74, 6) is 1.12. The number of rotatable bonds is 5. The Hall–Kier alpha value is -1.93. The number of amides is 1. The van der Waals surface area contributed by atoms with Crippen molar-refractivity contribution in [1.29, 1.82) is 0 Å². The third-order valence-corrected chi connectivity index (χ3v) is 5.39. The number of aromatic nitrogens is 2. The lowest BCUT2D eigenvalue weighted by Crippen LogP contribution is -2.24. The second kappa shape index (κ2) is 6.67. The van der Waals surface area contributed by atoms with Gasteiger partial charge in [0.15, 0.2) is 5.16 Å². The molecular weight excluding hydrogens is 334 g/mol. The van der Waals surface area contributed by atoms with Gasteiger partial charge < -0.3 is 10.5 Å². The van der Waals surface area contributed by atoms with Crippen LogP contribution in [0.4, 0.5) is 0 Å². The number of carbonyl (C=O) groups is 1. The fourth-order valence-electron chi connectivity index (χ4n) is 2.30. The van der Waals surface area contributed by atoms with Gasteiger partial charge in [-0.2, -0.15) is 0 Å². The smallest absolute Gasteiger partial charge is 0.272 e. The average Bonchev–Trinajstić information content (AvgIpc) is 3.01. The van der Waals surface area contributed by atoms with Gasteiger partial charge in [-0.25, -0.2) is 4.98 Å². The Balaban J connectivity index is 2.16. The molecule has 0 bridgehead atoms. The predicted molar refractivity (Wildman–Crippen MR) is 90.7 cm³/mol. The molecule has 1 aliphatic heterocycles. The van der Waals surface area contributed by atoms with Crippen molar-refractivity contribution < 1.29 is 9.53 Å². The quantitative estimate of drug-likeness (QED) is 0.650. The highest BCUT2D eigenvalue weighted by atomic mass is 32.2. The first-order valence-electron chi connectivity index (χ1n) is 6.94. The topological polar surface area (TPSA) is 87.2 Å². The zero-order chi connectivity index (χ0) is 16.4. The van der Waals surface area contributed by atoms with E-state index in [1.54, 1.807) is 19.2 Å². The molecule has 8 heteroatoms. The first-order valence-corrected chi connectivity index (χ1v) is 8.91. The second-order valence-corrected chi connectivity index (χ2v) is 6.91. The van der Waals surface area contributed by atoms with Crippen molar-refractivity contribution in [3.8, 4) is 11.4 Å². The second-order valence-electron chi connectivity index (χ2n) is 4.87. The lowest BCUT2D eigenvalue weighted by Gasteiger charge is -2.14. The SMILES string of the molecule is COc1cccc(-n2c(SCC(N)=O)nc3c(c2=O)SCC3)c1. The number of ether oxygens (including phenoxy) is 1. The summed E-state index contributed by atoms with van der Waals surface area (Å²) in [6.45, 7) is 0. The molecule has 120 valence electrons. The first-order chi connectivity index (χ1) is 11.1. The van der Waals surface area contributed by atoms with Crippen LogP contribution >= 0.6 is 23.5 Å². The van der Waals surface area contributed by atoms with Crippen molar-refractivity contribution in [2.75, 3.05) is 18.6 Å². The number of nitrogens with zero attached hydrogens (tertiary/aromatic N) is 2. The summed E-state index contributed by atoms with van der Waals surface area (Å²) >= 11 is 2.69. The standard InChI is InChI=1S/C15H15N3O3S2/c1-21-10-4-2-3-9(7-10)18-14(20)13-11(5-6-22-13)17-15(18)23-8-12(16)19/h2-4,7H,5-6,8H2,1H3,(H2,16,19). The first kappa shape index (κ1) is 15.9. The maximum absolute atomic E-state index is 12.9. The largest absolute Gasteiger partial charge is 0.497 e. The summed E-state index contributed by atoms with van der Waals surface area (Å²) in [4.78, 5) is 29.2. The zero-order valence-electron chi connectivity index (χ0n) is 12.4. The molecule has 0 saturated heterocycles. The Labute approximate surface area is 141 Å². The molecule has 0 spiro atoms. The van der Waals surface area contributed by atoms with Gasteiger partial charge in [-0.3, -0.25) is 14.2 Å². The molecule has 0 aliphatic carbocycles. The monoisotopic (exact) mass is 349 g/mol. The van der Waals surface area contributed by atoms with Crippen molar-refractivity contribution in [3.05, 3.63) is 40.3 Å². The Kier molecular flexibility index (Phi) is 4.63. The number of carbonyl (C=O) groups excluding carboxylic acids is 1. The summed E-state index contributed by atoms with van der Waals surface area (Å²) in [7, 11) is 1.57. The van der Waals surface area contributed by atoms with Gasteiger partial charge in [0.05, 0.1) is 29.1 Å². The van der Waals surface area contributed by atoms with Gasteiger partial charge in [0.25, 0.3) is 5.56 Å². The van der Waals surface area contributed by atoms with E-state index < -0.39 is 5.91 Å². The van der Waals surface area contributed by atoms with Crippen molar-refractivity contribution in [2.24, 2.45) is 5.73 Å². The molecule has 6 nitrogen and oxygen atoms in total. The minimum Gasteiger partial charge on any atom is -0.497 e. The molecule has 0 saturated carbocycles. The minimum absolute atomic E-state index is 0.0718. The van der Waals surface area contributed by atoms with E-state index in [1.807, 2.05) is 12.1 Å². The minimum atomic E-state index is -0.448. The Morgan fingerprint density at radius 1 is 1.52 bits per heavy atom. The van der Waals surface area contributed by atoms with Gasteiger partial charge in [-0.1, -0.05) is 17.8 Å². The maximum Gasteiger partial charge on any atom is 0.272 e. The molecule has 1 aromatic heterocycles. The van der Waals surface area contributed by atoms with Crippen LogP contribution in [0.25, 0.3) is 5.69 Å². The average molecular weight is 349 g/mol. The van der Waals surface area contributed by atoms with Crippen molar-refractivity contribution in [1.82, 2.24) is 9.55 Å². The molecule has 1 aromatic carbocycles. The van der Waals surface area contributed by atoms with Crippen LogP contribution in [-0.4, -0.2) is 34.1 Å². The number of aryl methyl sites for hydroxylation is 1. The Morgan fingerprint density at radius 3 is 3.09 bits per heavy atom. The van der Waals surface area contributed by atoms with Crippen LogP contribution < -0.4 is 16.0 Å². The van der Waals surface area contributed by atoms with E-state index in [2.05, 4.69) is 4.98 Å². The number of hydrogen-bond donors (Lipinski definition) is 1. The van der Waals surface area contributed by atoms with E-state index in [1.165, 1.54) is 28.1 Å². The molecular formula is C15H15N3O3S2. The fourth-order valence-corrected chi connectivity index (χ4v) is 4.09. The molecule has 23 heavy (non-hydrogen) atoms. The maximum atomic E-state index is 12.9. The van der Waals surface area contributed by atoms with Crippen LogP contribution in [0.5, 0.6) is 5.75 Å². The molecule has 0 atom stereocenters. The summed E-state index contributed by atoms with van der Waals surface area (Å²) in [6, 6.07) is 7.19. The van der Waals surface area contributed by atoms with Gasteiger partial charge in [0, 0.05) is 18.2 Å². The highest BCUT2D eigenvalue weighted by molar-refractivity contribution is 8.00. The van der Waals surface area contributed by atoms with E-state index in [-0.39, 0.29) is 11.3 Å². The van der Waals surface area contributed by atoms with E-state index in [0.717, 1.165) is 17.9 Å². The summed E-state index contributed by atoms with van der Waals surface area (Å²) in [5, 5.41) is 0.475. The lowest BCUT2D eigenvalue weighted by molar-refractivity contribution is -0.115. The third kappa shape index (κ3) is 3.23. The molecule has 1 aliphatic rings. The highest BCUT2D eigenvalue weighted by Gasteiger charge is 2.22. The molecule has 3 rings (SSSR count). The van der Waals surface area contributed by atoms with Crippen LogP contribution in [0.1, 0.15) is 5.69 Å². The zero-order valence-corrected chi connectivity index (χ0v) is 14.1. The number of primary amides is 1. The van der Waals surface area contributed by atoms with Gasteiger partial charge in [-0.15, -0.1) is 11.8 Å². The number of thioether (sulfide) groups is 2. The van der Waals surface area contributed by atoms with Crippen LogP contribution in [0.15, 0.2) is 39.1 Å². The van der Waals surface area contributed by atoms with Gasteiger partial charge in [0.2, 0.25) is 5.91 Å². The summed E-state index contributed by atoms with van der Waals surface area (Å²) in [6.07, 6.45) is 0.762.